The Hall–Kier alpha value is 0.0500. The van der Waals surface area contributed by atoms with E-state index in [2.05, 4.69) is 5.32 Å². The van der Waals surface area contributed by atoms with Gasteiger partial charge in [0.05, 0.1) is 0 Å². The van der Waals surface area contributed by atoms with Crippen molar-refractivity contribution in [3.8, 4) is 0 Å². The fourth-order valence-electron chi connectivity index (χ4n) is 1.21. The molecule has 14 heavy (non-hydrogen) atoms. The zero-order valence-electron chi connectivity index (χ0n) is 7.59. The summed E-state index contributed by atoms with van der Waals surface area (Å²) in [5.74, 6) is 0. The van der Waals surface area contributed by atoms with Crippen molar-refractivity contribution >= 4 is 35.6 Å². The standard InChI is InChI=1S/C10H11Cl2N.ClH/c11-8-2-1-7(10(12)5-8)6-13-9-3-4-9;/h1-2,5,9,13H,3-4,6H2;1H. The van der Waals surface area contributed by atoms with Gasteiger partial charge in [-0.1, -0.05) is 29.3 Å². The molecule has 1 nitrogen and oxygen atoms in total. The molecule has 4 heteroatoms. The second kappa shape index (κ2) is 5.22. The molecule has 0 aromatic heterocycles. The highest BCUT2D eigenvalue weighted by Crippen LogP contribution is 2.23. The lowest BCUT2D eigenvalue weighted by Crippen LogP contribution is -2.15. The molecule has 1 N–H and O–H groups in total. The molecule has 1 aromatic rings. The highest BCUT2D eigenvalue weighted by atomic mass is 35.5. The summed E-state index contributed by atoms with van der Waals surface area (Å²) in [6, 6.07) is 6.34. The molecule has 0 heterocycles. The van der Waals surface area contributed by atoms with Gasteiger partial charge in [0.25, 0.3) is 0 Å². The maximum absolute atomic E-state index is 6.01. The van der Waals surface area contributed by atoms with Gasteiger partial charge in [0.15, 0.2) is 0 Å². The Morgan fingerprint density at radius 2 is 2.00 bits per heavy atom. The van der Waals surface area contributed by atoms with Crippen LogP contribution in [0.1, 0.15) is 18.4 Å². The number of rotatable bonds is 3. The van der Waals surface area contributed by atoms with Crippen LogP contribution >= 0.6 is 35.6 Å². The van der Waals surface area contributed by atoms with Crippen LogP contribution in [0.5, 0.6) is 0 Å². The van der Waals surface area contributed by atoms with Crippen molar-refractivity contribution < 1.29 is 0 Å². The molecule has 2 rings (SSSR count). The third kappa shape index (κ3) is 3.32. The van der Waals surface area contributed by atoms with Gasteiger partial charge >= 0.3 is 0 Å². The lowest BCUT2D eigenvalue weighted by molar-refractivity contribution is 0.688. The van der Waals surface area contributed by atoms with Crippen molar-refractivity contribution in [3.05, 3.63) is 33.8 Å². The van der Waals surface area contributed by atoms with Gasteiger partial charge in [0.2, 0.25) is 0 Å². The van der Waals surface area contributed by atoms with Crippen LogP contribution in [0.3, 0.4) is 0 Å². The second-order valence-corrected chi connectivity index (χ2v) is 4.23. The van der Waals surface area contributed by atoms with E-state index in [0.29, 0.717) is 11.1 Å². The van der Waals surface area contributed by atoms with Crippen molar-refractivity contribution in [2.24, 2.45) is 0 Å². The average molecular weight is 253 g/mol. The van der Waals surface area contributed by atoms with E-state index in [4.69, 9.17) is 23.2 Å². The molecule has 78 valence electrons. The third-order valence-electron chi connectivity index (χ3n) is 2.17. The summed E-state index contributed by atoms with van der Waals surface area (Å²) in [7, 11) is 0. The lowest BCUT2D eigenvalue weighted by Gasteiger charge is -2.05. The lowest BCUT2D eigenvalue weighted by atomic mass is 10.2. The monoisotopic (exact) mass is 251 g/mol. The molecule has 0 saturated heterocycles. The molecule has 0 spiro atoms. The molecule has 0 amide bonds. The van der Waals surface area contributed by atoms with Gasteiger partial charge in [-0.05, 0) is 30.5 Å². The third-order valence-corrected chi connectivity index (χ3v) is 2.76. The molecule has 0 unspecified atom stereocenters. The van der Waals surface area contributed by atoms with Crippen molar-refractivity contribution in [3.63, 3.8) is 0 Å². The first kappa shape index (κ1) is 12.1. The highest BCUT2D eigenvalue weighted by molar-refractivity contribution is 6.35. The van der Waals surface area contributed by atoms with Crippen molar-refractivity contribution in [1.82, 2.24) is 5.32 Å². The summed E-state index contributed by atoms with van der Waals surface area (Å²) in [5, 5.41) is 4.85. The summed E-state index contributed by atoms with van der Waals surface area (Å²) in [6.45, 7) is 0.848. The summed E-state index contributed by atoms with van der Waals surface area (Å²) in [6.07, 6.45) is 2.59. The molecule has 0 bridgehead atoms. The number of hydrogen-bond acceptors (Lipinski definition) is 1. The van der Waals surface area contributed by atoms with E-state index in [-0.39, 0.29) is 12.4 Å². The molecular weight excluding hydrogens is 240 g/mol. The molecule has 0 radical (unpaired) electrons. The van der Waals surface area contributed by atoms with Crippen LogP contribution in [-0.2, 0) is 6.54 Å². The number of hydrogen-bond donors (Lipinski definition) is 1. The van der Waals surface area contributed by atoms with Crippen LogP contribution < -0.4 is 5.32 Å². The normalized spacial score (nSPS) is 15.0. The van der Waals surface area contributed by atoms with E-state index in [9.17, 15) is 0 Å². The smallest absolute Gasteiger partial charge is 0.0465 e. The first-order valence-corrected chi connectivity index (χ1v) is 5.18. The van der Waals surface area contributed by atoms with Gasteiger partial charge in [-0.2, -0.15) is 0 Å². The van der Waals surface area contributed by atoms with Gasteiger partial charge < -0.3 is 5.32 Å². The van der Waals surface area contributed by atoms with Crippen LogP contribution in [0.2, 0.25) is 10.0 Å². The molecule has 1 saturated carbocycles. The van der Waals surface area contributed by atoms with Crippen LogP contribution in [0.15, 0.2) is 18.2 Å². The van der Waals surface area contributed by atoms with E-state index in [0.717, 1.165) is 17.1 Å². The minimum atomic E-state index is 0. The Labute approximate surface area is 100 Å². The minimum absolute atomic E-state index is 0. The van der Waals surface area contributed by atoms with Gasteiger partial charge in [-0.15, -0.1) is 12.4 Å². The molecule has 0 atom stereocenters. The molecule has 1 aliphatic carbocycles. The fourth-order valence-corrected chi connectivity index (χ4v) is 1.68. The predicted octanol–water partition coefficient (Wildman–Crippen LogP) is 3.67. The quantitative estimate of drug-likeness (QED) is 0.865. The van der Waals surface area contributed by atoms with E-state index >= 15 is 0 Å². The first-order chi connectivity index (χ1) is 6.25. The van der Waals surface area contributed by atoms with Crippen molar-refractivity contribution in [2.45, 2.75) is 25.4 Å². The first-order valence-electron chi connectivity index (χ1n) is 4.43. The molecule has 1 aliphatic rings. The Kier molecular flexibility index (Phi) is 4.52. The number of nitrogens with one attached hydrogen (secondary N) is 1. The Morgan fingerprint density at radius 3 is 2.57 bits per heavy atom. The Bertz CT molecular complexity index is 310. The zero-order chi connectivity index (χ0) is 9.26. The maximum Gasteiger partial charge on any atom is 0.0465 e. The molecule has 1 fully saturated rings. The zero-order valence-corrected chi connectivity index (χ0v) is 9.92. The molecule has 0 aliphatic heterocycles. The highest BCUT2D eigenvalue weighted by Gasteiger charge is 2.20. The summed E-state index contributed by atoms with van der Waals surface area (Å²) in [4.78, 5) is 0. The second-order valence-electron chi connectivity index (χ2n) is 3.39. The number of halogens is 3. The van der Waals surface area contributed by atoms with Crippen LogP contribution in [0, 0.1) is 0 Å². The summed E-state index contributed by atoms with van der Waals surface area (Å²) in [5.41, 5.74) is 1.12. The van der Waals surface area contributed by atoms with Crippen LogP contribution in [-0.4, -0.2) is 6.04 Å². The SMILES string of the molecule is Cl.Clc1ccc(CNC2CC2)c(Cl)c1. The molecular formula is C10H12Cl3N. The molecule has 1 aromatic carbocycles. The summed E-state index contributed by atoms with van der Waals surface area (Å²) >= 11 is 11.8. The van der Waals surface area contributed by atoms with E-state index in [1.807, 2.05) is 12.1 Å². The minimum Gasteiger partial charge on any atom is -0.310 e. The van der Waals surface area contributed by atoms with Gasteiger partial charge in [0, 0.05) is 22.6 Å². The Morgan fingerprint density at radius 1 is 1.29 bits per heavy atom. The van der Waals surface area contributed by atoms with E-state index in [1.165, 1.54) is 12.8 Å². The number of benzene rings is 1. The van der Waals surface area contributed by atoms with Crippen molar-refractivity contribution in [2.75, 3.05) is 0 Å². The Balaban J connectivity index is 0.000000980. The van der Waals surface area contributed by atoms with E-state index < -0.39 is 0 Å². The van der Waals surface area contributed by atoms with Crippen LogP contribution in [0.4, 0.5) is 0 Å². The topological polar surface area (TPSA) is 12.0 Å². The summed E-state index contributed by atoms with van der Waals surface area (Å²) < 4.78 is 0. The fraction of sp³-hybridized carbons (Fsp3) is 0.400. The van der Waals surface area contributed by atoms with E-state index in [1.54, 1.807) is 6.07 Å². The van der Waals surface area contributed by atoms with Crippen molar-refractivity contribution in [1.29, 1.82) is 0 Å². The maximum atomic E-state index is 6.01. The van der Waals surface area contributed by atoms with Gasteiger partial charge in [-0.3, -0.25) is 0 Å². The average Bonchev–Trinajstić information content (AvgIpc) is 2.86. The van der Waals surface area contributed by atoms with Gasteiger partial charge in [-0.25, -0.2) is 0 Å². The largest absolute Gasteiger partial charge is 0.310 e. The predicted molar refractivity (Wildman–Crippen MR) is 63.6 cm³/mol. The van der Waals surface area contributed by atoms with Gasteiger partial charge in [0.1, 0.15) is 0 Å². The van der Waals surface area contributed by atoms with Crippen LogP contribution in [0.25, 0.3) is 0 Å².